The Morgan fingerprint density at radius 1 is 1.18 bits per heavy atom. The van der Waals surface area contributed by atoms with Crippen LogP contribution in [0, 0.1) is 23.2 Å². The molecule has 2 aliphatic rings. The van der Waals surface area contributed by atoms with Crippen molar-refractivity contribution >= 4 is 14.3 Å². The molecule has 0 aromatic rings. The van der Waals surface area contributed by atoms with Crippen molar-refractivity contribution in [3.63, 3.8) is 0 Å². The number of hydrogen-bond donors (Lipinski definition) is 1. The van der Waals surface area contributed by atoms with Gasteiger partial charge in [-0.3, -0.25) is 0 Å². The van der Waals surface area contributed by atoms with E-state index in [0.717, 1.165) is 0 Å². The fourth-order valence-electron chi connectivity index (χ4n) is 5.29. The summed E-state index contributed by atoms with van der Waals surface area (Å²) in [4.78, 5) is 12.0. The van der Waals surface area contributed by atoms with Crippen molar-refractivity contribution in [2.24, 2.45) is 23.2 Å². The van der Waals surface area contributed by atoms with E-state index >= 15 is 0 Å². The Labute approximate surface area is 173 Å². The maximum Gasteiger partial charge on any atom is 0.337 e. The fraction of sp³-hybridized carbons (Fsp3) is 0.957. The highest BCUT2D eigenvalue weighted by molar-refractivity contribution is 6.74. The first kappa shape index (κ1) is 23.9. The Balaban J connectivity index is 2.07. The summed E-state index contributed by atoms with van der Waals surface area (Å²) in [5, 5.41) is 10.1. The van der Waals surface area contributed by atoms with E-state index in [1.807, 2.05) is 0 Å². The third-order valence-electron chi connectivity index (χ3n) is 8.05. The molecule has 2 fully saturated rings. The van der Waals surface area contributed by atoms with Gasteiger partial charge in [-0.15, -0.1) is 0 Å². The molecule has 0 aromatic heterocycles. The number of carbonyl (C=O) groups excluding carboxylic acids is 1. The highest BCUT2D eigenvalue weighted by Crippen LogP contribution is 2.59. The average molecular weight is 413 g/mol. The molecule has 2 saturated carbocycles. The lowest BCUT2D eigenvalue weighted by Gasteiger charge is -2.49. The van der Waals surface area contributed by atoms with Crippen LogP contribution in [0.5, 0.6) is 0 Å². The first-order valence-corrected chi connectivity index (χ1v) is 14.1. The number of fused-ring (bicyclic) bond motifs is 1. The molecular weight excluding hydrogens is 368 g/mol. The highest BCUT2D eigenvalue weighted by atomic mass is 28.4. The standard InChI is InChI=1S/C23H44O4Si/c1-16(15-26-20(24)22(5,6)25)17-12-13-18-19(11-10-14-23(17,18)7)27-28(8,9)21(2,3)4/h16-19,25H,10-15H2,1-9H3/t16?,17-,18+,19+,23-/m1/s1. The van der Waals surface area contributed by atoms with Gasteiger partial charge in [0.25, 0.3) is 0 Å². The van der Waals surface area contributed by atoms with Crippen LogP contribution < -0.4 is 0 Å². The van der Waals surface area contributed by atoms with E-state index in [9.17, 15) is 9.90 Å². The summed E-state index contributed by atoms with van der Waals surface area (Å²) in [5.74, 6) is 0.917. The van der Waals surface area contributed by atoms with Crippen molar-refractivity contribution in [2.45, 2.75) is 110 Å². The van der Waals surface area contributed by atoms with Crippen LogP contribution in [-0.4, -0.2) is 37.7 Å². The van der Waals surface area contributed by atoms with Gasteiger partial charge in [0.2, 0.25) is 0 Å². The third-order valence-corrected chi connectivity index (χ3v) is 12.6. The molecule has 2 rings (SSSR count). The van der Waals surface area contributed by atoms with Gasteiger partial charge < -0.3 is 14.3 Å². The van der Waals surface area contributed by atoms with Crippen molar-refractivity contribution < 1.29 is 19.1 Å². The molecule has 0 spiro atoms. The zero-order valence-corrected chi connectivity index (χ0v) is 20.7. The predicted molar refractivity (Wildman–Crippen MR) is 117 cm³/mol. The van der Waals surface area contributed by atoms with Crippen LogP contribution in [0.1, 0.15) is 80.6 Å². The molecule has 0 heterocycles. The molecule has 1 unspecified atom stereocenters. The molecule has 164 valence electrons. The van der Waals surface area contributed by atoms with Crippen LogP contribution in [0.3, 0.4) is 0 Å². The number of esters is 1. The van der Waals surface area contributed by atoms with Gasteiger partial charge in [0, 0.05) is 6.10 Å². The molecule has 2 aliphatic carbocycles. The molecule has 0 bridgehead atoms. The topological polar surface area (TPSA) is 55.8 Å². The molecule has 4 nitrogen and oxygen atoms in total. The molecule has 1 N–H and O–H groups in total. The first-order chi connectivity index (χ1) is 12.6. The molecule has 0 amide bonds. The Kier molecular flexibility index (Phi) is 6.85. The number of carbonyl (C=O) groups is 1. The first-order valence-electron chi connectivity index (χ1n) is 11.2. The molecule has 5 atom stereocenters. The minimum atomic E-state index is -1.78. The molecule has 0 aromatic carbocycles. The lowest BCUT2D eigenvalue weighted by atomic mass is 9.62. The second-order valence-corrected chi connectivity index (χ2v) is 16.5. The minimum absolute atomic E-state index is 0.234. The van der Waals surface area contributed by atoms with Crippen LogP contribution >= 0.6 is 0 Å². The van der Waals surface area contributed by atoms with Gasteiger partial charge in [-0.25, -0.2) is 4.79 Å². The lowest BCUT2D eigenvalue weighted by molar-refractivity contribution is -0.164. The minimum Gasteiger partial charge on any atom is -0.463 e. The predicted octanol–water partition coefficient (Wildman–Crippen LogP) is 5.54. The van der Waals surface area contributed by atoms with Gasteiger partial charge in [0.1, 0.15) is 0 Å². The van der Waals surface area contributed by atoms with Crippen molar-refractivity contribution in [3.8, 4) is 0 Å². The Bertz CT molecular complexity index is 560. The van der Waals surface area contributed by atoms with Gasteiger partial charge in [-0.05, 0) is 80.8 Å². The summed E-state index contributed by atoms with van der Waals surface area (Å²) in [6.07, 6.45) is 6.41. The zero-order valence-electron chi connectivity index (χ0n) is 19.7. The maximum atomic E-state index is 12.0. The second-order valence-electron chi connectivity index (χ2n) is 11.7. The van der Waals surface area contributed by atoms with Crippen LogP contribution in [0.25, 0.3) is 0 Å². The normalized spacial score (nSPS) is 32.7. The zero-order chi connectivity index (χ0) is 21.5. The van der Waals surface area contributed by atoms with Gasteiger partial charge in [-0.1, -0.05) is 41.0 Å². The summed E-state index contributed by atoms with van der Waals surface area (Å²) >= 11 is 0. The highest BCUT2D eigenvalue weighted by Gasteiger charge is 2.54. The van der Waals surface area contributed by atoms with Gasteiger partial charge in [0.15, 0.2) is 13.9 Å². The van der Waals surface area contributed by atoms with Crippen molar-refractivity contribution in [1.82, 2.24) is 0 Å². The molecule has 0 aliphatic heterocycles. The summed E-state index contributed by atoms with van der Waals surface area (Å²) in [6.45, 7) is 19.7. The summed E-state index contributed by atoms with van der Waals surface area (Å²) in [5.41, 5.74) is -1.17. The molecular formula is C23H44O4Si. The second kappa shape index (κ2) is 8.03. The van der Waals surface area contributed by atoms with E-state index in [4.69, 9.17) is 9.16 Å². The van der Waals surface area contributed by atoms with E-state index < -0.39 is 19.9 Å². The number of ether oxygens (including phenoxy) is 1. The van der Waals surface area contributed by atoms with Gasteiger partial charge in [0.05, 0.1) is 6.61 Å². The Morgan fingerprint density at radius 3 is 2.32 bits per heavy atom. The maximum absolute atomic E-state index is 12.0. The van der Waals surface area contributed by atoms with Crippen LogP contribution in [0.15, 0.2) is 0 Å². The number of aliphatic hydroxyl groups is 1. The van der Waals surface area contributed by atoms with Crippen molar-refractivity contribution in [2.75, 3.05) is 6.61 Å². The van der Waals surface area contributed by atoms with Gasteiger partial charge in [-0.2, -0.15) is 0 Å². The van der Waals surface area contributed by atoms with Crippen molar-refractivity contribution in [1.29, 1.82) is 0 Å². The van der Waals surface area contributed by atoms with E-state index in [0.29, 0.717) is 30.5 Å². The average Bonchev–Trinajstić information content (AvgIpc) is 2.88. The number of rotatable bonds is 6. The monoisotopic (exact) mass is 412 g/mol. The van der Waals surface area contributed by atoms with E-state index in [1.54, 1.807) is 0 Å². The summed E-state index contributed by atoms with van der Waals surface area (Å²) in [6, 6.07) is 0. The number of hydrogen-bond acceptors (Lipinski definition) is 4. The van der Waals surface area contributed by atoms with E-state index in [-0.39, 0.29) is 10.5 Å². The third kappa shape index (κ3) is 4.84. The lowest BCUT2D eigenvalue weighted by Crippen LogP contribution is -2.50. The Hall–Kier alpha value is -0.393. The Morgan fingerprint density at radius 2 is 1.79 bits per heavy atom. The van der Waals surface area contributed by atoms with E-state index in [2.05, 4.69) is 47.7 Å². The quantitative estimate of drug-likeness (QED) is 0.459. The molecule has 0 saturated heterocycles. The molecule has 0 radical (unpaired) electrons. The molecule has 5 heteroatoms. The van der Waals surface area contributed by atoms with Crippen LogP contribution in [0.4, 0.5) is 0 Å². The largest absolute Gasteiger partial charge is 0.463 e. The summed E-state index contributed by atoms with van der Waals surface area (Å²) in [7, 11) is -1.78. The SMILES string of the molecule is CC(COC(=O)C(C)(C)O)[C@H]1CC[C@H]2[C@@H](O[Si](C)(C)C(C)(C)C)CCC[C@]12C. The van der Waals surface area contributed by atoms with Crippen molar-refractivity contribution in [3.05, 3.63) is 0 Å². The smallest absolute Gasteiger partial charge is 0.337 e. The van der Waals surface area contributed by atoms with E-state index in [1.165, 1.54) is 46.0 Å². The van der Waals surface area contributed by atoms with Crippen LogP contribution in [0.2, 0.25) is 18.1 Å². The fourth-order valence-corrected chi connectivity index (χ4v) is 6.68. The van der Waals surface area contributed by atoms with Gasteiger partial charge >= 0.3 is 5.97 Å². The molecule has 28 heavy (non-hydrogen) atoms. The van der Waals surface area contributed by atoms with Crippen LogP contribution in [-0.2, 0) is 14.0 Å². The summed E-state index contributed by atoms with van der Waals surface area (Å²) < 4.78 is 12.4.